The molecule has 16 heavy (non-hydrogen) atoms. The Morgan fingerprint density at radius 2 is 2.12 bits per heavy atom. The molecule has 0 heterocycles. The molecule has 2 N–H and O–H groups in total. The van der Waals surface area contributed by atoms with Crippen LogP contribution in [0, 0.1) is 0 Å². The van der Waals surface area contributed by atoms with E-state index in [2.05, 4.69) is 16.6 Å². The second-order valence-electron chi connectivity index (χ2n) is 2.95. The number of nitrogens with one attached hydrogen (secondary N) is 1. The summed E-state index contributed by atoms with van der Waals surface area (Å²) in [6, 6.07) is -1.10. The molecule has 0 aromatic rings. The number of ether oxygens (including phenoxy) is 1. The highest BCUT2D eigenvalue weighted by molar-refractivity contribution is 5.90. The van der Waals surface area contributed by atoms with Gasteiger partial charge < -0.3 is 15.2 Å². The lowest BCUT2D eigenvalue weighted by Gasteiger charge is -2.12. The van der Waals surface area contributed by atoms with E-state index in [1.807, 2.05) is 0 Å². The van der Waals surface area contributed by atoms with Gasteiger partial charge in [-0.15, -0.1) is 0 Å². The van der Waals surface area contributed by atoms with Crippen LogP contribution in [0.2, 0.25) is 0 Å². The zero-order valence-electron chi connectivity index (χ0n) is 9.06. The number of carbonyl (C=O) groups excluding carboxylic acids is 2. The first kappa shape index (κ1) is 14.2. The molecular formula is C10H15NO5. The van der Waals surface area contributed by atoms with Crippen molar-refractivity contribution in [3.63, 3.8) is 0 Å². The van der Waals surface area contributed by atoms with Crippen molar-refractivity contribution < 1.29 is 24.2 Å². The summed E-state index contributed by atoms with van der Waals surface area (Å²) in [6.07, 6.45) is 0.913. The van der Waals surface area contributed by atoms with Crippen molar-refractivity contribution >= 4 is 17.8 Å². The quantitative estimate of drug-likeness (QED) is 0.476. The fourth-order valence-corrected chi connectivity index (χ4v) is 0.983. The minimum Gasteiger partial charge on any atom is -0.480 e. The van der Waals surface area contributed by atoms with Gasteiger partial charge in [0.1, 0.15) is 6.04 Å². The van der Waals surface area contributed by atoms with Gasteiger partial charge in [0.15, 0.2) is 0 Å². The molecular weight excluding hydrogens is 214 g/mol. The van der Waals surface area contributed by atoms with Crippen molar-refractivity contribution in [2.75, 3.05) is 6.61 Å². The van der Waals surface area contributed by atoms with Gasteiger partial charge >= 0.3 is 11.9 Å². The largest absolute Gasteiger partial charge is 0.480 e. The first-order valence-electron chi connectivity index (χ1n) is 4.82. The Labute approximate surface area is 93.3 Å². The van der Waals surface area contributed by atoms with Gasteiger partial charge in [-0.3, -0.25) is 9.59 Å². The highest BCUT2D eigenvalue weighted by Gasteiger charge is 2.20. The van der Waals surface area contributed by atoms with Gasteiger partial charge in [0.25, 0.3) is 0 Å². The summed E-state index contributed by atoms with van der Waals surface area (Å²) in [6.45, 7) is 5.11. The number of amides is 1. The van der Waals surface area contributed by atoms with Gasteiger partial charge in [0.2, 0.25) is 5.91 Å². The average molecular weight is 229 g/mol. The number of hydrogen-bond donors (Lipinski definition) is 2. The summed E-state index contributed by atoms with van der Waals surface area (Å²) in [4.78, 5) is 32.6. The molecule has 0 spiro atoms. The Hall–Kier alpha value is -1.85. The second-order valence-corrected chi connectivity index (χ2v) is 2.95. The third kappa shape index (κ3) is 5.79. The Kier molecular flexibility index (Phi) is 6.58. The van der Waals surface area contributed by atoms with Crippen LogP contribution in [-0.4, -0.2) is 35.6 Å². The molecule has 0 aliphatic heterocycles. The second kappa shape index (κ2) is 7.44. The molecule has 0 rings (SSSR count). The van der Waals surface area contributed by atoms with E-state index in [0.29, 0.717) is 0 Å². The van der Waals surface area contributed by atoms with Gasteiger partial charge in [0.05, 0.1) is 6.61 Å². The number of carbonyl (C=O) groups is 3. The average Bonchev–Trinajstić information content (AvgIpc) is 2.23. The smallest absolute Gasteiger partial charge is 0.326 e. The normalized spacial score (nSPS) is 11.3. The molecule has 0 aliphatic rings. The van der Waals surface area contributed by atoms with Crippen molar-refractivity contribution in [1.29, 1.82) is 0 Å². The predicted molar refractivity (Wildman–Crippen MR) is 55.6 cm³/mol. The van der Waals surface area contributed by atoms with Gasteiger partial charge in [-0.25, -0.2) is 4.79 Å². The zero-order valence-corrected chi connectivity index (χ0v) is 9.06. The van der Waals surface area contributed by atoms with Crippen molar-refractivity contribution in [2.45, 2.75) is 25.8 Å². The Morgan fingerprint density at radius 3 is 2.56 bits per heavy atom. The van der Waals surface area contributed by atoms with E-state index >= 15 is 0 Å². The number of rotatable bonds is 7. The molecule has 0 saturated carbocycles. The van der Waals surface area contributed by atoms with Crippen LogP contribution in [0.5, 0.6) is 0 Å². The van der Waals surface area contributed by atoms with E-state index in [0.717, 1.165) is 6.08 Å². The number of carboxylic acids is 1. The Balaban J connectivity index is 4.14. The maximum atomic E-state index is 11.0. The predicted octanol–water partition coefficient (Wildman–Crippen LogP) is 0.0851. The molecule has 0 unspecified atom stereocenters. The van der Waals surface area contributed by atoms with Crippen LogP contribution in [0.3, 0.4) is 0 Å². The first-order chi connectivity index (χ1) is 7.51. The Bertz CT molecular complexity index is 287. The van der Waals surface area contributed by atoms with Crippen LogP contribution in [0.15, 0.2) is 12.7 Å². The summed E-state index contributed by atoms with van der Waals surface area (Å²) in [5.41, 5.74) is 0. The highest BCUT2D eigenvalue weighted by Crippen LogP contribution is 2.00. The van der Waals surface area contributed by atoms with Crippen LogP contribution < -0.4 is 5.32 Å². The van der Waals surface area contributed by atoms with E-state index < -0.39 is 23.9 Å². The first-order valence-corrected chi connectivity index (χ1v) is 4.82. The van der Waals surface area contributed by atoms with E-state index in [9.17, 15) is 14.4 Å². The summed E-state index contributed by atoms with van der Waals surface area (Å²) in [7, 11) is 0. The molecule has 0 aliphatic carbocycles. The monoisotopic (exact) mass is 229 g/mol. The van der Waals surface area contributed by atoms with Gasteiger partial charge in [-0.2, -0.15) is 0 Å². The summed E-state index contributed by atoms with van der Waals surface area (Å²) < 4.78 is 4.64. The topological polar surface area (TPSA) is 92.7 Å². The van der Waals surface area contributed by atoms with E-state index in [1.54, 1.807) is 6.92 Å². The third-order valence-electron chi connectivity index (χ3n) is 1.74. The summed E-state index contributed by atoms with van der Waals surface area (Å²) in [5, 5.41) is 11.0. The molecule has 1 atom stereocenters. The summed E-state index contributed by atoms with van der Waals surface area (Å²) in [5.74, 6) is -2.27. The number of aliphatic carboxylic acids is 1. The summed E-state index contributed by atoms with van der Waals surface area (Å²) >= 11 is 0. The molecule has 0 radical (unpaired) electrons. The molecule has 0 saturated heterocycles. The Morgan fingerprint density at radius 1 is 1.50 bits per heavy atom. The van der Waals surface area contributed by atoms with Crippen LogP contribution in [-0.2, 0) is 19.1 Å². The molecule has 6 heteroatoms. The zero-order chi connectivity index (χ0) is 12.6. The fraction of sp³-hybridized carbons (Fsp3) is 0.500. The van der Waals surface area contributed by atoms with Crippen molar-refractivity contribution in [2.24, 2.45) is 0 Å². The minimum absolute atomic E-state index is 0.00620. The van der Waals surface area contributed by atoms with Crippen molar-refractivity contribution in [3.8, 4) is 0 Å². The molecule has 0 aromatic heterocycles. The molecule has 0 bridgehead atoms. The molecule has 90 valence electrons. The van der Waals surface area contributed by atoms with E-state index in [-0.39, 0.29) is 19.4 Å². The molecule has 6 nitrogen and oxygen atoms in total. The highest BCUT2D eigenvalue weighted by atomic mass is 16.5. The van der Waals surface area contributed by atoms with E-state index in [1.165, 1.54) is 0 Å². The maximum Gasteiger partial charge on any atom is 0.326 e. The lowest BCUT2D eigenvalue weighted by Crippen LogP contribution is -2.40. The van der Waals surface area contributed by atoms with E-state index in [4.69, 9.17) is 5.11 Å². The molecule has 0 fully saturated rings. The van der Waals surface area contributed by atoms with Gasteiger partial charge in [0, 0.05) is 6.42 Å². The van der Waals surface area contributed by atoms with Crippen LogP contribution in [0.4, 0.5) is 0 Å². The number of carboxylic acid groups (broad SMARTS) is 1. The SMILES string of the molecule is C=CC(=O)N[C@@H](CCC(=O)OCC)C(=O)O. The number of esters is 1. The van der Waals surface area contributed by atoms with Gasteiger partial charge in [-0.05, 0) is 19.4 Å². The minimum atomic E-state index is -1.19. The third-order valence-corrected chi connectivity index (χ3v) is 1.74. The van der Waals surface area contributed by atoms with Gasteiger partial charge in [-0.1, -0.05) is 6.58 Å². The standard InChI is InChI=1S/C10H15NO5/c1-3-8(12)11-7(10(14)15)5-6-9(13)16-4-2/h3,7H,1,4-6H2,2H3,(H,11,12)(H,14,15)/t7-/m0/s1. The van der Waals surface area contributed by atoms with Crippen LogP contribution in [0.25, 0.3) is 0 Å². The lowest BCUT2D eigenvalue weighted by atomic mass is 10.1. The fourth-order valence-electron chi connectivity index (χ4n) is 0.983. The van der Waals surface area contributed by atoms with Crippen LogP contribution in [0.1, 0.15) is 19.8 Å². The molecule has 0 aromatic carbocycles. The maximum absolute atomic E-state index is 11.0. The lowest BCUT2D eigenvalue weighted by molar-refractivity contribution is -0.145. The van der Waals surface area contributed by atoms with Crippen molar-refractivity contribution in [3.05, 3.63) is 12.7 Å². The van der Waals surface area contributed by atoms with Crippen LogP contribution >= 0.6 is 0 Å². The molecule has 1 amide bonds. The van der Waals surface area contributed by atoms with Crippen molar-refractivity contribution in [1.82, 2.24) is 5.32 Å². The number of hydrogen-bond acceptors (Lipinski definition) is 4.